The predicted octanol–water partition coefficient (Wildman–Crippen LogP) is 8.45. The fraction of sp³-hybridized carbons (Fsp3) is 0.533. The van der Waals surface area contributed by atoms with Crippen LogP contribution in [0.1, 0.15) is 79.1 Å². The zero-order chi connectivity index (χ0) is 22.3. The van der Waals surface area contributed by atoms with Gasteiger partial charge in [-0.25, -0.2) is 0 Å². The van der Waals surface area contributed by atoms with Gasteiger partial charge in [0.2, 0.25) is 0 Å². The van der Waals surface area contributed by atoms with E-state index in [1.807, 2.05) is 0 Å². The maximum atomic E-state index is 11.1. The van der Waals surface area contributed by atoms with Crippen LogP contribution in [0.2, 0.25) is 0 Å². The standard InChI is InChI=1S/C23H32OP2.C5H10.2CH3.Fe/c1-18(21-16-11-17-22(21)26(24)23(2,3)4)25(19-12-7-5-8-13-19)20-14-9-6-10-15-20;1-2-4-5-3-1;;;/h5-10,12-15,18,21-22,24H,11,16-17H2,1-4H3;1-5H2;2*1H3;/q;;2*-1;+2/p+1/t18-,21?,22?,26?;;;;/m1..../s1. The fourth-order valence-corrected chi connectivity index (χ4v) is 10.9. The molecule has 0 amide bonds. The first-order valence-corrected chi connectivity index (χ1v) is 15.3. The van der Waals surface area contributed by atoms with Crippen LogP contribution >= 0.6 is 16.1 Å². The van der Waals surface area contributed by atoms with Crippen molar-refractivity contribution in [1.82, 2.24) is 0 Å². The van der Waals surface area contributed by atoms with Crippen molar-refractivity contribution in [2.75, 3.05) is 0 Å². The van der Waals surface area contributed by atoms with Crippen molar-refractivity contribution in [3.05, 3.63) is 75.5 Å². The smallest absolute Gasteiger partial charge is 0.358 e. The molecular weight excluding hydrogens is 494 g/mol. The molecule has 2 aromatic rings. The summed E-state index contributed by atoms with van der Waals surface area (Å²) in [5, 5.41) is 2.99. The Morgan fingerprint density at radius 1 is 0.765 bits per heavy atom. The molecule has 3 unspecified atom stereocenters. The van der Waals surface area contributed by atoms with Crippen molar-refractivity contribution in [3.63, 3.8) is 0 Å². The maximum Gasteiger partial charge on any atom is 2.00 e. The first-order chi connectivity index (χ1) is 14.9. The van der Waals surface area contributed by atoms with E-state index in [0.29, 0.717) is 17.2 Å². The largest absolute Gasteiger partial charge is 2.00 e. The molecule has 1 nitrogen and oxygen atoms in total. The molecule has 1 N–H and O–H groups in total. The van der Waals surface area contributed by atoms with E-state index in [-0.39, 0.29) is 37.1 Å². The molecule has 2 aliphatic carbocycles. The quantitative estimate of drug-likeness (QED) is 0.228. The summed E-state index contributed by atoms with van der Waals surface area (Å²) in [7, 11) is -1.77. The van der Waals surface area contributed by atoms with Crippen LogP contribution < -0.4 is 10.6 Å². The monoisotopic (exact) mass is 543 g/mol. The van der Waals surface area contributed by atoms with Gasteiger partial charge in [0.05, 0.1) is 10.8 Å². The van der Waals surface area contributed by atoms with Gasteiger partial charge >= 0.3 is 17.1 Å². The Balaban J connectivity index is 0.00000121. The Labute approximate surface area is 225 Å². The Hall–Kier alpha value is -0.221. The first kappa shape index (κ1) is 33.8. The second-order valence-electron chi connectivity index (χ2n) is 10.4. The Morgan fingerprint density at radius 2 is 1.18 bits per heavy atom. The van der Waals surface area contributed by atoms with Gasteiger partial charge in [-0.2, -0.15) is 0 Å². The summed E-state index contributed by atoms with van der Waals surface area (Å²) in [4.78, 5) is 11.1. The fourth-order valence-electron chi connectivity index (χ4n) is 5.33. The second kappa shape index (κ2) is 16.5. The van der Waals surface area contributed by atoms with Gasteiger partial charge in [0.25, 0.3) is 0 Å². The molecule has 4 rings (SSSR count). The Bertz CT molecular complexity index is 711. The van der Waals surface area contributed by atoms with Gasteiger partial charge in [-0.15, -0.1) is 0 Å². The molecule has 0 spiro atoms. The molecule has 0 bridgehead atoms. The van der Waals surface area contributed by atoms with Gasteiger partial charge in [0.1, 0.15) is 8.15 Å². The zero-order valence-corrected chi connectivity index (χ0v) is 25.4. The minimum Gasteiger partial charge on any atom is -0.358 e. The summed E-state index contributed by atoms with van der Waals surface area (Å²) in [6.45, 7) is 9.11. The summed E-state index contributed by atoms with van der Waals surface area (Å²) in [5.41, 5.74) is 1.12. The first-order valence-electron chi connectivity index (χ1n) is 12.3. The number of benzene rings is 2. The summed E-state index contributed by atoms with van der Waals surface area (Å²) >= 11 is 0. The molecule has 0 aliphatic heterocycles. The van der Waals surface area contributed by atoms with Crippen LogP contribution in [0.4, 0.5) is 0 Å². The molecule has 2 fully saturated rings. The molecule has 0 aromatic heterocycles. The molecule has 2 aliphatic rings. The summed E-state index contributed by atoms with van der Waals surface area (Å²) in [5.74, 6) is 0.639. The maximum absolute atomic E-state index is 11.1. The molecule has 0 heterocycles. The molecule has 34 heavy (non-hydrogen) atoms. The third-order valence-corrected chi connectivity index (χ3v) is 12.9. The van der Waals surface area contributed by atoms with E-state index in [2.05, 4.69) is 88.4 Å². The van der Waals surface area contributed by atoms with E-state index < -0.39 is 16.1 Å². The molecule has 0 radical (unpaired) electrons. The molecule has 4 atom stereocenters. The van der Waals surface area contributed by atoms with Gasteiger partial charge in [0.15, 0.2) is 0 Å². The third-order valence-electron chi connectivity index (χ3n) is 7.03. The van der Waals surface area contributed by atoms with Crippen LogP contribution in [-0.2, 0) is 17.1 Å². The van der Waals surface area contributed by atoms with E-state index >= 15 is 0 Å². The van der Waals surface area contributed by atoms with Crippen molar-refractivity contribution in [1.29, 1.82) is 0 Å². The van der Waals surface area contributed by atoms with Crippen LogP contribution in [0.15, 0.2) is 60.7 Å². The van der Waals surface area contributed by atoms with Gasteiger partial charge in [0, 0.05) is 5.92 Å². The van der Waals surface area contributed by atoms with E-state index in [9.17, 15) is 4.89 Å². The van der Waals surface area contributed by atoms with Crippen LogP contribution in [0.5, 0.6) is 0 Å². The van der Waals surface area contributed by atoms with Crippen molar-refractivity contribution in [2.45, 2.75) is 95.5 Å². The third kappa shape index (κ3) is 9.34. The SMILES string of the molecule is C1CCCC1.C[C@H](C1CCCC1[PH+](O)C(C)(C)C)P(c1ccccc1)c1ccccc1.[CH3-].[CH3-].[Fe+2]. The van der Waals surface area contributed by atoms with Gasteiger partial charge in [-0.1, -0.05) is 99.7 Å². The van der Waals surface area contributed by atoms with E-state index in [1.165, 1.54) is 62.0 Å². The van der Waals surface area contributed by atoms with Crippen molar-refractivity contribution in [2.24, 2.45) is 5.92 Å². The number of hydrogen-bond donors (Lipinski definition) is 1. The number of hydrogen-bond acceptors (Lipinski definition) is 1. The van der Waals surface area contributed by atoms with Crippen LogP contribution in [-0.4, -0.2) is 21.4 Å². The molecular formula is C30H49FeOP2+. The average Bonchev–Trinajstić information content (AvgIpc) is 3.49. The van der Waals surface area contributed by atoms with Crippen LogP contribution in [0, 0.1) is 20.8 Å². The second-order valence-corrected chi connectivity index (χ2v) is 16.0. The molecule has 2 aromatic carbocycles. The minimum atomic E-state index is -1.36. The molecule has 192 valence electrons. The molecule has 4 heteroatoms. The topological polar surface area (TPSA) is 20.2 Å². The van der Waals surface area contributed by atoms with E-state index in [0.717, 1.165) is 0 Å². The van der Waals surface area contributed by atoms with Crippen LogP contribution in [0.25, 0.3) is 0 Å². The van der Waals surface area contributed by atoms with Crippen molar-refractivity contribution < 1.29 is 22.0 Å². The van der Waals surface area contributed by atoms with Gasteiger partial charge in [-0.05, 0) is 64.2 Å². The van der Waals surface area contributed by atoms with E-state index in [4.69, 9.17) is 0 Å². The number of rotatable bonds is 5. The van der Waals surface area contributed by atoms with E-state index in [1.54, 1.807) is 0 Å². The Morgan fingerprint density at radius 3 is 1.56 bits per heavy atom. The normalized spacial score (nSPS) is 21.2. The molecule has 0 saturated heterocycles. The summed E-state index contributed by atoms with van der Waals surface area (Å²) < 4.78 is 0. The van der Waals surface area contributed by atoms with Crippen LogP contribution in [0.3, 0.4) is 0 Å². The average molecular weight is 544 g/mol. The summed E-state index contributed by atoms with van der Waals surface area (Å²) in [6.07, 6.45) is 11.3. The summed E-state index contributed by atoms with van der Waals surface area (Å²) in [6, 6.07) is 22.1. The molecule has 2 saturated carbocycles. The van der Waals surface area contributed by atoms with Crippen molar-refractivity contribution >= 4 is 26.7 Å². The minimum absolute atomic E-state index is 0. The zero-order valence-electron chi connectivity index (χ0n) is 22.4. The van der Waals surface area contributed by atoms with Gasteiger partial charge < -0.3 is 14.9 Å². The van der Waals surface area contributed by atoms with Gasteiger partial charge in [-0.3, -0.25) is 4.89 Å². The van der Waals surface area contributed by atoms with Crippen molar-refractivity contribution in [3.8, 4) is 0 Å². The predicted molar refractivity (Wildman–Crippen MR) is 156 cm³/mol. The Kier molecular flexibility index (Phi) is 16.4.